The summed E-state index contributed by atoms with van der Waals surface area (Å²) in [5.41, 5.74) is 6.56. The van der Waals surface area contributed by atoms with Gasteiger partial charge in [0.2, 0.25) is 5.96 Å². The van der Waals surface area contributed by atoms with E-state index >= 15 is 0 Å². The molecule has 1 heterocycles. The molecule has 0 saturated carbocycles. The van der Waals surface area contributed by atoms with Crippen LogP contribution < -0.4 is 11.2 Å². The predicted molar refractivity (Wildman–Crippen MR) is 79.6 cm³/mol. The largest absolute Gasteiger partial charge is 0.433 e. The normalized spacial score (nSPS) is 14.8. The molecular formula is C12H15F3N4O3S. The van der Waals surface area contributed by atoms with Gasteiger partial charge in [-0.25, -0.2) is 4.21 Å². The highest BCUT2D eigenvalue weighted by molar-refractivity contribution is 8.01. The quantitative estimate of drug-likeness (QED) is 0.269. The second-order valence-electron chi connectivity index (χ2n) is 4.46. The minimum Gasteiger partial charge on any atom is -0.367 e. The number of guanidine groups is 1. The van der Waals surface area contributed by atoms with Crippen molar-refractivity contribution >= 4 is 26.5 Å². The fraction of sp³-hybridized carbons (Fsp3) is 0.333. The zero-order valence-corrected chi connectivity index (χ0v) is 13.3. The number of nitrogens with one attached hydrogen (secondary N) is 1. The summed E-state index contributed by atoms with van der Waals surface area (Å²) >= 11 is 0. The standard InChI is InChI=1S/C12H15F3N4O3S/c1-7(9-4-5-10(17-6-9)12(13,14)15)23(3,21)19-11(16)18-22-8(2)20/h4-6H,1-3H3,(H3,16,18,19,21). The van der Waals surface area contributed by atoms with E-state index in [9.17, 15) is 22.2 Å². The van der Waals surface area contributed by atoms with Gasteiger partial charge in [0.25, 0.3) is 0 Å². The Morgan fingerprint density at radius 3 is 2.43 bits per heavy atom. The molecule has 128 valence electrons. The average Bonchev–Trinajstić information content (AvgIpc) is 2.43. The molecule has 0 aromatic carbocycles. The lowest BCUT2D eigenvalue weighted by Crippen LogP contribution is -2.34. The molecular weight excluding hydrogens is 337 g/mol. The van der Waals surface area contributed by atoms with E-state index in [2.05, 4.69) is 14.2 Å². The van der Waals surface area contributed by atoms with Gasteiger partial charge in [-0.3, -0.25) is 9.78 Å². The maximum atomic E-state index is 12.5. The highest BCUT2D eigenvalue weighted by Gasteiger charge is 2.32. The Morgan fingerprint density at radius 1 is 1.39 bits per heavy atom. The van der Waals surface area contributed by atoms with Crippen molar-refractivity contribution < 1.29 is 27.0 Å². The van der Waals surface area contributed by atoms with Gasteiger partial charge in [-0.05, 0) is 13.0 Å². The lowest BCUT2D eigenvalue weighted by atomic mass is 10.2. The lowest BCUT2D eigenvalue weighted by Gasteiger charge is -2.10. The number of carbonyl (C=O) groups excluding carboxylic acids is 1. The van der Waals surface area contributed by atoms with E-state index < -0.39 is 33.5 Å². The van der Waals surface area contributed by atoms with Crippen molar-refractivity contribution in [2.75, 3.05) is 6.26 Å². The van der Waals surface area contributed by atoms with Crippen LogP contribution in [0.3, 0.4) is 0 Å². The van der Waals surface area contributed by atoms with E-state index in [0.29, 0.717) is 0 Å². The van der Waals surface area contributed by atoms with Crippen molar-refractivity contribution in [2.24, 2.45) is 10.1 Å². The number of nitrogens with two attached hydrogens (primary N) is 1. The molecule has 0 aliphatic heterocycles. The number of hydroxylamine groups is 1. The summed E-state index contributed by atoms with van der Waals surface area (Å²) < 4.78 is 53.6. The van der Waals surface area contributed by atoms with Crippen molar-refractivity contribution in [3.05, 3.63) is 29.6 Å². The minimum atomic E-state index is -4.56. The van der Waals surface area contributed by atoms with Gasteiger partial charge in [0, 0.05) is 29.8 Å². The van der Waals surface area contributed by atoms with Crippen LogP contribution in [0, 0.1) is 0 Å². The zero-order valence-electron chi connectivity index (χ0n) is 12.5. The van der Waals surface area contributed by atoms with E-state index in [1.807, 2.05) is 5.48 Å². The van der Waals surface area contributed by atoms with Crippen LogP contribution in [0.5, 0.6) is 0 Å². The van der Waals surface area contributed by atoms with E-state index in [1.54, 1.807) is 0 Å². The van der Waals surface area contributed by atoms with Crippen molar-refractivity contribution in [1.82, 2.24) is 10.5 Å². The Bertz CT molecular complexity index is 735. The average molecular weight is 352 g/mol. The summed E-state index contributed by atoms with van der Waals surface area (Å²) in [4.78, 5) is 18.4. The Kier molecular flexibility index (Phi) is 5.59. The lowest BCUT2D eigenvalue weighted by molar-refractivity contribution is -0.145. The first kappa shape index (κ1) is 18.7. The molecule has 1 unspecified atom stereocenters. The van der Waals surface area contributed by atoms with Gasteiger partial charge in [0.1, 0.15) is 5.69 Å². The molecule has 0 amide bonds. The summed E-state index contributed by atoms with van der Waals surface area (Å²) in [7, 11) is -3.05. The predicted octanol–water partition coefficient (Wildman–Crippen LogP) is 0.852. The number of hydrogen-bond donors (Lipinski definition) is 2. The Hall–Kier alpha value is -2.30. The van der Waals surface area contributed by atoms with Crippen molar-refractivity contribution in [2.45, 2.75) is 20.0 Å². The van der Waals surface area contributed by atoms with Crippen LogP contribution in [0.1, 0.15) is 25.1 Å². The van der Waals surface area contributed by atoms with Crippen molar-refractivity contribution in [1.29, 1.82) is 0 Å². The molecule has 23 heavy (non-hydrogen) atoms. The van der Waals surface area contributed by atoms with E-state index in [-0.39, 0.29) is 10.4 Å². The molecule has 11 heteroatoms. The summed E-state index contributed by atoms with van der Waals surface area (Å²) in [5.74, 6) is -1.09. The second kappa shape index (κ2) is 6.86. The molecule has 0 aliphatic rings. The molecule has 0 radical (unpaired) electrons. The van der Waals surface area contributed by atoms with Crippen LogP contribution in [0.15, 0.2) is 22.7 Å². The van der Waals surface area contributed by atoms with E-state index in [4.69, 9.17) is 5.73 Å². The highest BCUT2D eigenvalue weighted by Crippen LogP contribution is 2.27. The Morgan fingerprint density at radius 2 is 2.00 bits per heavy atom. The number of halogens is 3. The molecule has 1 aromatic heterocycles. The Balaban J connectivity index is 3.14. The van der Waals surface area contributed by atoms with E-state index in [0.717, 1.165) is 25.3 Å². The van der Waals surface area contributed by atoms with Crippen molar-refractivity contribution in [3.8, 4) is 0 Å². The number of alkyl halides is 3. The van der Waals surface area contributed by atoms with Crippen LogP contribution in [0.2, 0.25) is 0 Å². The molecule has 0 spiro atoms. The van der Waals surface area contributed by atoms with Gasteiger partial charge in [-0.15, -0.1) is 0 Å². The van der Waals surface area contributed by atoms with Crippen LogP contribution in [0.4, 0.5) is 13.2 Å². The third-order valence-electron chi connectivity index (χ3n) is 2.60. The van der Waals surface area contributed by atoms with Gasteiger partial charge < -0.3 is 10.6 Å². The number of hydrogen-bond acceptors (Lipinski definition) is 4. The van der Waals surface area contributed by atoms with Crippen LogP contribution >= 0.6 is 0 Å². The molecule has 1 aromatic rings. The molecule has 0 bridgehead atoms. The molecule has 0 fully saturated rings. The molecule has 3 N–H and O–H groups in total. The van der Waals surface area contributed by atoms with Crippen LogP contribution in [0.25, 0.3) is 0 Å². The van der Waals surface area contributed by atoms with E-state index in [1.165, 1.54) is 13.2 Å². The number of carbonyl (C=O) groups is 1. The van der Waals surface area contributed by atoms with Crippen LogP contribution in [-0.4, -0.2) is 32.2 Å². The highest BCUT2D eigenvalue weighted by atomic mass is 32.2. The Labute approximate surface area is 130 Å². The molecule has 1 atom stereocenters. The first-order valence-electron chi connectivity index (χ1n) is 6.08. The smallest absolute Gasteiger partial charge is 0.367 e. The van der Waals surface area contributed by atoms with Crippen molar-refractivity contribution in [3.63, 3.8) is 0 Å². The topological polar surface area (TPSA) is 107 Å². The third-order valence-corrected chi connectivity index (χ3v) is 4.52. The maximum absolute atomic E-state index is 12.5. The summed E-state index contributed by atoms with van der Waals surface area (Å²) in [6.45, 7) is 2.55. The number of nitrogens with zero attached hydrogens (tertiary/aromatic N) is 2. The summed E-state index contributed by atoms with van der Waals surface area (Å²) in [6, 6.07) is 1.91. The van der Waals surface area contributed by atoms with Gasteiger partial charge in [0.05, 0.1) is 9.71 Å². The molecule has 0 saturated heterocycles. The van der Waals surface area contributed by atoms with Gasteiger partial charge in [0.15, 0.2) is 0 Å². The maximum Gasteiger partial charge on any atom is 0.433 e. The number of pyridine rings is 1. The summed E-state index contributed by atoms with van der Waals surface area (Å²) in [6.07, 6.45) is -2.37. The SMILES string of the molecule is CC(=O)ONC(N)=NS(C)(=O)=C(C)c1ccc(C(F)(F)F)nc1. The number of aromatic nitrogens is 1. The molecule has 0 aliphatic carbocycles. The minimum absolute atomic E-state index is 0.172. The fourth-order valence-corrected chi connectivity index (χ4v) is 2.50. The molecule has 1 rings (SSSR count). The second-order valence-corrected chi connectivity index (χ2v) is 6.86. The van der Waals surface area contributed by atoms with Gasteiger partial charge in [-0.2, -0.15) is 23.0 Å². The van der Waals surface area contributed by atoms with Crippen LogP contribution in [-0.2, 0) is 25.5 Å². The van der Waals surface area contributed by atoms with Gasteiger partial charge >= 0.3 is 12.1 Å². The first-order valence-corrected chi connectivity index (χ1v) is 8.01. The molecule has 7 nitrogen and oxygen atoms in total. The first-order chi connectivity index (χ1) is 10.4. The number of rotatable bonds is 2. The monoisotopic (exact) mass is 352 g/mol. The zero-order chi connectivity index (χ0) is 17.8. The fourth-order valence-electron chi connectivity index (χ4n) is 1.39. The van der Waals surface area contributed by atoms with Gasteiger partial charge in [-0.1, -0.05) is 6.07 Å². The summed E-state index contributed by atoms with van der Waals surface area (Å²) in [5, 5.41) is 0. The third kappa shape index (κ3) is 5.43.